The van der Waals surface area contributed by atoms with Crippen molar-refractivity contribution in [3.63, 3.8) is 0 Å². The van der Waals surface area contributed by atoms with E-state index in [2.05, 4.69) is 22.3 Å². The topological polar surface area (TPSA) is 99.3 Å². The predicted octanol–water partition coefficient (Wildman–Crippen LogP) is 3.03. The van der Waals surface area contributed by atoms with Crippen LogP contribution in [-0.4, -0.2) is 82.4 Å². The lowest BCUT2D eigenvalue weighted by molar-refractivity contribution is -0.136. The number of fused-ring (bicyclic) bond motifs is 1. The molecule has 4 aliphatic rings. The lowest BCUT2D eigenvalue weighted by Gasteiger charge is -2.42. The van der Waals surface area contributed by atoms with Gasteiger partial charge in [0.1, 0.15) is 11.6 Å². The molecule has 1 N–H and O–H groups in total. The molecular formula is C28H38N4O5. The Hall–Kier alpha value is -2.94. The molecule has 2 atom stereocenters. The molecule has 1 aromatic carbocycles. The van der Waals surface area contributed by atoms with Gasteiger partial charge in [0.25, 0.3) is 5.91 Å². The second-order valence-corrected chi connectivity index (χ2v) is 11.8. The average molecular weight is 511 g/mol. The van der Waals surface area contributed by atoms with E-state index in [-0.39, 0.29) is 30.2 Å². The molecule has 4 heterocycles. The van der Waals surface area contributed by atoms with Gasteiger partial charge >= 0.3 is 6.09 Å². The Labute approximate surface area is 218 Å². The van der Waals surface area contributed by atoms with Crippen molar-refractivity contribution in [3.8, 4) is 0 Å². The molecule has 37 heavy (non-hydrogen) atoms. The van der Waals surface area contributed by atoms with Crippen molar-refractivity contribution in [2.24, 2.45) is 0 Å². The van der Waals surface area contributed by atoms with Crippen LogP contribution in [0.4, 0.5) is 4.79 Å². The lowest BCUT2D eigenvalue weighted by atomic mass is 9.87. The largest absolute Gasteiger partial charge is 0.444 e. The van der Waals surface area contributed by atoms with Crippen LogP contribution in [0.15, 0.2) is 18.2 Å². The normalized spacial score (nSPS) is 25.8. The van der Waals surface area contributed by atoms with Gasteiger partial charge in [-0.15, -0.1) is 0 Å². The fraction of sp³-hybridized carbons (Fsp3) is 0.643. The average Bonchev–Trinajstić information content (AvgIpc) is 3.18. The smallest absolute Gasteiger partial charge is 0.410 e. The molecule has 3 saturated heterocycles. The number of nitrogens with zero attached hydrogens (tertiary/aromatic N) is 3. The Kier molecular flexibility index (Phi) is 7.00. The molecule has 4 amide bonds. The molecule has 4 aliphatic heterocycles. The minimum Gasteiger partial charge on any atom is -0.444 e. The van der Waals surface area contributed by atoms with Gasteiger partial charge in [-0.3, -0.25) is 24.6 Å². The van der Waals surface area contributed by atoms with Crippen LogP contribution in [-0.2, 0) is 20.9 Å². The molecule has 3 fully saturated rings. The minimum absolute atomic E-state index is 0.127. The van der Waals surface area contributed by atoms with Gasteiger partial charge in [-0.25, -0.2) is 4.79 Å². The molecule has 200 valence electrons. The third kappa shape index (κ3) is 5.51. The summed E-state index contributed by atoms with van der Waals surface area (Å²) in [4.78, 5) is 55.4. The van der Waals surface area contributed by atoms with E-state index in [0.29, 0.717) is 30.5 Å². The first-order valence-corrected chi connectivity index (χ1v) is 13.6. The van der Waals surface area contributed by atoms with E-state index < -0.39 is 11.6 Å². The summed E-state index contributed by atoms with van der Waals surface area (Å²) in [7, 11) is 0. The number of hydrogen-bond acceptors (Lipinski definition) is 6. The number of likely N-dealkylation sites (tertiary alicyclic amines) is 2. The second kappa shape index (κ2) is 10.1. The molecule has 0 saturated carbocycles. The summed E-state index contributed by atoms with van der Waals surface area (Å²) < 4.78 is 5.59. The number of ether oxygens (including phenoxy) is 1. The molecule has 0 bridgehead atoms. The van der Waals surface area contributed by atoms with Gasteiger partial charge in [0.15, 0.2) is 0 Å². The first-order valence-electron chi connectivity index (χ1n) is 13.6. The van der Waals surface area contributed by atoms with Gasteiger partial charge in [-0.05, 0) is 89.1 Å². The maximum atomic E-state index is 13.0. The Balaban J connectivity index is 1.18. The number of benzene rings is 1. The summed E-state index contributed by atoms with van der Waals surface area (Å²) in [5, 5.41) is 2.36. The van der Waals surface area contributed by atoms with Crippen LogP contribution in [0.3, 0.4) is 0 Å². The molecule has 0 radical (unpaired) electrons. The number of nitrogens with one attached hydrogen (secondary N) is 1. The first-order chi connectivity index (χ1) is 17.6. The van der Waals surface area contributed by atoms with Crippen molar-refractivity contribution >= 4 is 23.8 Å². The number of amides is 4. The summed E-state index contributed by atoms with van der Waals surface area (Å²) >= 11 is 0. The van der Waals surface area contributed by atoms with E-state index >= 15 is 0 Å². The third-order valence-electron chi connectivity index (χ3n) is 8.11. The lowest BCUT2D eigenvalue weighted by Crippen LogP contribution is -2.52. The maximum Gasteiger partial charge on any atom is 0.410 e. The van der Waals surface area contributed by atoms with Crippen LogP contribution in [0.5, 0.6) is 0 Å². The van der Waals surface area contributed by atoms with E-state index in [1.807, 2.05) is 31.7 Å². The standard InChI is InChI=1S/C28H38N4O5/c1-28(2,3)37-27(36)31-12-4-5-21(17-31)30-13-10-18(11-14-30)19-6-7-22-20(15-19)16-32(26(22)35)23-8-9-24(33)29-25(23)34/h6-7,15,18,21,23H,4-5,8-14,16-17H2,1-3H3,(H,29,33,34). The highest BCUT2D eigenvalue weighted by Gasteiger charge is 2.39. The van der Waals surface area contributed by atoms with Crippen molar-refractivity contribution in [2.75, 3.05) is 26.2 Å². The van der Waals surface area contributed by atoms with E-state index in [0.717, 1.165) is 57.4 Å². The Morgan fingerprint density at radius 1 is 1.03 bits per heavy atom. The number of carbonyl (C=O) groups is 4. The summed E-state index contributed by atoms with van der Waals surface area (Å²) in [5.74, 6) is -0.354. The molecule has 0 spiro atoms. The Bertz CT molecular complexity index is 1090. The fourth-order valence-corrected chi connectivity index (χ4v) is 6.19. The van der Waals surface area contributed by atoms with Crippen molar-refractivity contribution in [3.05, 3.63) is 34.9 Å². The molecule has 2 unspecified atom stereocenters. The third-order valence-corrected chi connectivity index (χ3v) is 8.11. The zero-order chi connectivity index (χ0) is 26.3. The van der Waals surface area contributed by atoms with E-state index in [4.69, 9.17) is 4.74 Å². The minimum atomic E-state index is -0.583. The fourth-order valence-electron chi connectivity index (χ4n) is 6.19. The molecule has 9 heteroatoms. The van der Waals surface area contributed by atoms with Crippen molar-refractivity contribution < 1.29 is 23.9 Å². The van der Waals surface area contributed by atoms with Gasteiger partial charge in [-0.1, -0.05) is 12.1 Å². The molecule has 0 aromatic heterocycles. The zero-order valence-electron chi connectivity index (χ0n) is 22.1. The molecule has 0 aliphatic carbocycles. The highest BCUT2D eigenvalue weighted by molar-refractivity contribution is 6.05. The Morgan fingerprint density at radius 3 is 2.49 bits per heavy atom. The highest BCUT2D eigenvalue weighted by atomic mass is 16.6. The van der Waals surface area contributed by atoms with Crippen LogP contribution in [0.1, 0.15) is 86.7 Å². The highest BCUT2D eigenvalue weighted by Crippen LogP contribution is 2.34. The predicted molar refractivity (Wildman–Crippen MR) is 137 cm³/mol. The number of carbonyl (C=O) groups excluding carboxylic acids is 4. The van der Waals surface area contributed by atoms with Gasteiger partial charge in [-0.2, -0.15) is 0 Å². The summed E-state index contributed by atoms with van der Waals surface area (Å²) in [6.45, 7) is 9.55. The maximum absolute atomic E-state index is 13.0. The zero-order valence-corrected chi connectivity index (χ0v) is 22.1. The number of piperidine rings is 3. The quantitative estimate of drug-likeness (QED) is 0.628. The van der Waals surface area contributed by atoms with Gasteiger partial charge in [0, 0.05) is 37.7 Å². The summed E-state index contributed by atoms with van der Waals surface area (Å²) in [6, 6.07) is 5.90. The van der Waals surface area contributed by atoms with E-state index in [9.17, 15) is 19.2 Å². The number of hydrogen-bond donors (Lipinski definition) is 1. The van der Waals surface area contributed by atoms with Crippen LogP contribution < -0.4 is 5.32 Å². The van der Waals surface area contributed by atoms with Crippen molar-refractivity contribution in [1.82, 2.24) is 20.0 Å². The van der Waals surface area contributed by atoms with Gasteiger partial charge < -0.3 is 14.5 Å². The van der Waals surface area contributed by atoms with Crippen LogP contribution in [0.25, 0.3) is 0 Å². The van der Waals surface area contributed by atoms with E-state index in [1.54, 1.807) is 4.90 Å². The molecule has 1 aromatic rings. The molecule has 9 nitrogen and oxygen atoms in total. The number of rotatable bonds is 3. The van der Waals surface area contributed by atoms with E-state index in [1.165, 1.54) is 5.56 Å². The van der Waals surface area contributed by atoms with Crippen LogP contribution in [0, 0.1) is 0 Å². The molecule has 5 rings (SSSR count). The van der Waals surface area contributed by atoms with Gasteiger partial charge in [0.05, 0.1) is 0 Å². The monoisotopic (exact) mass is 510 g/mol. The number of imide groups is 1. The SMILES string of the molecule is CC(C)(C)OC(=O)N1CCCC(N2CCC(c3ccc4c(c3)CN(C3CCC(=O)NC3=O)C4=O)CC2)C1. The van der Waals surface area contributed by atoms with Gasteiger partial charge in [0.2, 0.25) is 11.8 Å². The summed E-state index contributed by atoms with van der Waals surface area (Å²) in [5.41, 5.74) is 2.39. The van der Waals surface area contributed by atoms with Crippen LogP contribution in [0.2, 0.25) is 0 Å². The van der Waals surface area contributed by atoms with Crippen LogP contribution >= 0.6 is 0 Å². The second-order valence-electron chi connectivity index (χ2n) is 11.8. The summed E-state index contributed by atoms with van der Waals surface area (Å²) in [6.07, 6.45) is 4.58. The first kappa shape index (κ1) is 25.7. The Morgan fingerprint density at radius 2 is 1.78 bits per heavy atom. The van der Waals surface area contributed by atoms with Crippen molar-refractivity contribution in [2.45, 2.75) is 89.4 Å². The molecular weight excluding hydrogens is 472 g/mol. The van der Waals surface area contributed by atoms with Crippen molar-refractivity contribution in [1.29, 1.82) is 0 Å².